The van der Waals surface area contributed by atoms with E-state index in [2.05, 4.69) is 9.88 Å². The Hall–Kier alpha value is -2.95. The minimum absolute atomic E-state index is 0.127. The average Bonchev–Trinajstić information content (AvgIpc) is 3.24. The molecule has 3 aromatic carbocycles. The molecule has 1 amide bonds. The minimum atomic E-state index is -2.70. The Kier molecular flexibility index (Phi) is 4.39. The fraction of sp³-hybridized carbons (Fsp3) is 0.200. The summed E-state index contributed by atoms with van der Waals surface area (Å²) in [7, 11) is -2.70. The predicted octanol–water partition coefficient (Wildman–Crippen LogP) is 5.52. The smallest absolute Gasteiger partial charge is 0.252 e. The lowest BCUT2D eigenvalue weighted by atomic mass is 9.98. The van der Waals surface area contributed by atoms with Crippen molar-refractivity contribution in [1.82, 2.24) is 14.9 Å². The number of aromatic nitrogens is 2. The molecule has 2 aliphatic heterocycles. The van der Waals surface area contributed by atoms with E-state index in [0.29, 0.717) is 22.6 Å². The van der Waals surface area contributed by atoms with E-state index in [1.807, 2.05) is 18.2 Å². The second kappa shape index (κ2) is 7.02. The molecule has 2 bridgehead atoms. The van der Waals surface area contributed by atoms with Crippen molar-refractivity contribution in [3.05, 3.63) is 82.4 Å². The maximum Gasteiger partial charge on any atom is 0.252 e. The first-order valence-electron chi connectivity index (χ1n) is 10.7. The van der Waals surface area contributed by atoms with Crippen LogP contribution in [0.1, 0.15) is 40.3 Å². The lowest BCUT2D eigenvalue weighted by Crippen LogP contribution is -2.27. The van der Waals surface area contributed by atoms with Crippen LogP contribution in [-0.4, -0.2) is 28.8 Å². The van der Waals surface area contributed by atoms with Crippen LogP contribution in [0.3, 0.4) is 0 Å². The third-order valence-electron chi connectivity index (χ3n) is 6.60. The van der Waals surface area contributed by atoms with Gasteiger partial charge in [-0.3, -0.25) is 4.79 Å². The number of halogens is 2. The highest BCUT2D eigenvalue weighted by Gasteiger charge is 2.41. The molecule has 5 nitrogen and oxygen atoms in total. The van der Waals surface area contributed by atoms with Gasteiger partial charge in [0.25, 0.3) is 5.91 Å². The van der Waals surface area contributed by atoms with Gasteiger partial charge in [-0.1, -0.05) is 29.8 Å². The van der Waals surface area contributed by atoms with Crippen LogP contribution < -0.4 is 10.6 Å². The normalized spacial score (nSPS) is 19.2. The molecule has 3 heterocycles. The first-order chi connectivity index (χ1) is 15.7. The SMILES string of the molecule is CP(C)(=O)c1ccc(-c2ccc3nc4n(c3c2)[C@@H]2C[C@H]4NC(=O)c3cccc(Cl)c32)cc1F. The molecule has 0 unspecified atom stereocenters. The summed E-state index contributed by atoms with van der Waals surface area (Å²) >= 11 is 6.57. The van der Waals surface area contributed by atoms with Crippen molar-refractivity contribution in [3.63, 3.8) is 0 Å². The van der Waals surface area contributed by atoms with Crippen molar-refractivity contribution in [2.24, 2.45) is 0 Å². The standard InChI is InChI=1S/C25H20ClFN3O2P/c1-33(2,32)22-9-7-13(10-17(22)27)14-6-8-18-20(11-14)30-21-12-19(24(30)28-18)29-25(31)15-4-3-5-16(26)23(15)21/h3-11,19,21H,12H2,1-2H3,(H,29,31)/t19-,21-/m1/s1. The van der Waals surface area contributed by atoms with E-state index in [4.69, 9.17) is 16.6 Å². The Labute approximate surface area is 195 Å². The van der Waals surface area contributed by atoms with E-state index in [-0.39, 0.29) is 23.3 Å². The zero-order valence-electron chi connectivity index (χ0n) is 18.0. The van der Waals surface area contributed by atoms with E-state index in [0.717, 1.165) is 28.0 Å². The molecule has 2 aliphatic rings. The van der Waals surface area contributed by atoms with Crippen LogP contribution in [-0.2, 0) is 4.57 Å². The molecular weight excluding hydrogens is 460 g/mol. The van der Waals surface area contributed by atoms with Gasteiger partial charge in [0.15, 0.2) is 0 Å². The number of benzene rings is 3. The van der Waals surface area contributed by atoms with Crippen LogP contribution in [0.15, 0.2) is 54.6 Å². The van der Waals surface area contributed by atoms with Crippen LogP contribution in [0, 0.1) is 5.82 Å². The van der Waals surface area contributed by atoms with E-state index >= 15 is 0 Å². The number of nitrogens with zero attached hydrogens (tertiary/aromatic N) is 2. The Morgan fingerprint density at radius 3 is 2.64 bits per heavy atom. The fourth-order valence-corrected chi connectivity index (χ4v) is 6.41. The van der Waals surface area contributed by atoms with Crippen molar-refractivity contribution in [1.29, 1.82) is 0 Å². The molecule has 0 saturated carbocycles. The summed E-state index contributed by atoms with van der Waals surface area (Å²) in [4.78, 5) is 17.6. The zero-order chi connectivity index (χ0) is 23.1. The largest absolute Gasteiger partial charge is 0.342 e. The molecule has 33 heavy (non-hydrogen) atoms. The Balaban J connectivity index is 1.53. The molecule has 1 aromatic heterocycles. The Bertz CT molecular complexity index is 1540. The predicted molar refractivity (Wildman–Crippen MR) is 129 cm³/mol. The summed E-state index contributed by atoms with van der Waals surface area (Å²) in [6.07, 6.45) is 0.677. The van der Waals surface area contributed by atoms with Gasteiger partial charge in [0.2, 0.25) is 0 Å². The first kappa shape index (κ1) is 20.6. The van der Waals surface area contributed by atoms with Gasteiger partial charge in [-0.25, -0.2) is 9.37 Å². The van der Waals surface area contributed by atoms with Gasteiger partial charge in [0.1, 0.15) is 18.8 Å². The van der Waals surface area contributed by atoms with E-state index in [1.54, 1.807) is 43.7 Å². The van der Waals surface area contributed by atoms with Crippen LogP contribution in [0.5, 0.6) is 0 Å². The number of carbonyl (C=O) groups excluding carboxylic acids is 1. The summed E-state index contributed by atoms with van der Waals surface area (Å²) < 4.78 is 29.2. The van der Waals surface area contributed by atoms with E-state index in [1.165, 1.54) is 6.07 Å². The zero-order valence-corrected chi connectivity index (χ0v) is 19.6. The number of rotatable bonds is 2. The molecule has 0 fully saturated rings. The highest BCUT2D eigenvalue weighted by atomic mass is 35.5. The first-order valence-corrected chi connectivity index (χ1v) is 13.7. The average molecular weight is 480 g/mol. The van der Waals surface area contributed by atoms with E-state index < -0.39 is 13.0 Å². The molecule has 0 aliphatic carbocycles. The lowest BCUT2D eigenvalue weighted by molar-refractivity contribution is 0.0938. The lowest BCUT2D eigenvalue weighted by Gasteiger charge is -2.19. The van der Waals surface area contributed by atoms with Crippen molar-refractivity contribution >= 4 is 41.0 Å². The summed E-state index contributed by atoms with van der Waals surface area (Å²) in [6, 6.07) is 15.7. The summed E-state index contributed by atoms with van der Waals surface area (Å²) in [5.74, 6) is 0.194. The molecule has 8 heteroatoms. The van der Waals surface area contributed by atoms with Crippen molar-refractivity contribution in [3.8, 4) is 11.1 Å². The van der Waals surface area contributed by atoms with Gasteiger partial charge < -0.3 is 14.4 Å². The fourth-order valence-electron chi connectivity index (χ4n) is 5.10. The molecule has 6 rings (SSSR count). The van der Waals surface area contributed by atoms with Gasteiger partial charge in [-0.05, 0) is 67.3 Å². The van der Waals surface area contributed by atoms with Crippen molar-refractivity contribution in [2.75, 3.05) is 13.3 Å². The summed E-state index contributed by atoms with van der Waals surface area (Å²) in [6.45, 7) is 3.13. The number of carbonyl (C=O) groups is 1. The third-order valence-corrected chi connectivity index (χ3v) is 8.45. The topological polar surface area (TPSA) is 64.0 Å². The quantitative estimate of drug-likeness (QED) is 0.385. The Morgan fingerprint density at radius 1 is 1.12 bits per heavy atom. The minimum Gasteiger partial charge on any atom is -0.342 e. The van der Waals surface area contributed by atoms with Gasteiger partial charge in [0.05, 0.1) is 23.1 Å². The number of hydrogen-bond donors (Lipinski definition) is 1. The van der Waals surface area contributed by atoms with Crippen LogP contribution in [0.25, 0.3) is 22.2 Å². The summed E-state index contributed by atoms with van der Waals surface area (Å²) in [5.41, 5.74) is 4.63. The molecule has 0 saturated heterocycles. The monoisotopic (exact) mass is 479 g/mol. The molecule has 2 atom stereocenters. The molecule has 1 N–H and O–H groups in total. The highest BCUT2D eigenvalue weighted by Crippen LogP contribution is 2.46. The molecule has 4 aromatic rings. The third kappa shape index (κ3) is 3.08. The van der Waals surface area contributed by atoms with Gasteiger partial charge in [-0.15, -0.1) is 0 Å². The van der Waals surface area contributed by atoms with Gasteiger partial charge in [0, 0.05) is 21.5 Å². The number of nitrogens with one attached hydrogen (secondary N) is 1. The molecular formula is C25H20ClFN3O2P. The molecule has 166 valence electrons. The number of hydrogen-bond acceptors (Lipinski definition) is 3. The highest BCUT2D eigenvalue weighted by molar-refractivity contribution is 7.70. The van der Waals surface area contributed by atoms with Gasteiger partial charge in [-0.2, -0.15) is 0 Å². The molecule has 0 radical (unpaired) electrons. The number of amides is 1. The van der Waals surface area contributed by atoms with Crippen LogP contribution >= 0.6 is 18.7 Å². The van der Waals surface area contributed by atoms with Gasteiger partial charge >= 0.3 is 0 Å². The Morgan fingerprint density at radius 2 is 1.88 bits per heavy atom. The number of fused-ring (bicyclic) bond motifs is 9. The van der Waals surface area contributed by atoms with Crippen LogP contribution in [0.2, 0.25) is 5.02 Å². The van der Waals surface area contributed by atoms with Crippen LogP contribution in [0.4, 0.5) is 4.39 Å². The van der Waals surface area contributed by atoms with Crippen molar-refractivity contribution in [2.45, 2.75) is 18.5 Å². The maximum absolute atomic E-state index is 14.7. The second-order valence-electron chi connectivity index (χ2n) is 9.04. The van der Waals surface area contributed by atoms with Crippen molar-refractivity contribution < 1.29 is 13.8 Å². The number of imidazole rings is 1. The molecule has 0 spiro atoms. The maximum atomic E-state index is 14.7. The van der Waals surface area contributed by atoms with E-state index in [9.17, 15) is 13.8 Å². The summed E-state index contributed by atoms with van der Waals surface area (Å²) in [5, 5.41) is 3.90. The second-order valence-corrected chi connectivity index (χ2v) is 12.6.